The number of aryl methyl sites for hydroxylation is 1. The van der Waals surface area contributed by atoms with Gasteiger partial charge in [-0.1, -0.05) is 24.3 Å². The molecule has 0 fully saturated rings. The standard InChI is InChI=1S/C14H14N4/c1-10-5-3-4-6-13(10)11(2)18-14-9-16-12(7-15)8-17-14/h3-6,8-9,11H,1-2H3,(H,17,18). The van der Waals surface area contributed by atoms with Crippen molar-refractivity contribution in [3.8, 4) is 6.07 Å². The lowest BCUT2D eigenvalue weighted by atomic mass is 10.0. The van der Waals surface area contributed by atoms with Crippen LogP contribution in [-0.2, 0) is 0 Å². The number of nitriles is 1. The van der Waals surface area contributed by atoms with Crippen LogP contribution >= 0.6 is 0 Å². The first-order valence-electron chi connectivity index (χ1n) is 5.75. The number of hydrogen-bond donors (Lipinski definition) is 1. The van der Waals surface area contributed by atoms with Gasteiger partial charge in [0.2, 0.25) is 0 Å². The quantitative estimate of drug-likeness (QED) is 0.893. The molecule has 1 heterocycles. The number of nitrogens with one attached hydrogen (secondary N) is 1. The van der Waals surface area contributed by atoms with Gasteiger partial charge in [-0.05, 0) is 25.0 Å². The Balaban J connectivity index is 2.14. The van der Waals surface area contributed by atoms with Gasteiger partial charge in [0.05, 0.1) is 18.4 Å². The van der Waals surface area contributed by atoms with E-state index in [0.717, 1.165) is 0 Å². The first-order valence-corrected chi connectivity index (χ1v) is 5.75. The van der Waals surface area contributed by atoms with Gasteiger partial charge in [0.25, 0.3) is 0 Å². The highest BCUT2D eigenvalue weighted by atomic mass is 15.0. The summed E-state index contributed by atoms with van der Waals surface area (Å²) >= 11 is 0. The van der Waals surface area contributed by atoms with Gasteiger partial charge in [0, 0.05) is 0 Å². The van der Waals surface area contributed by atoms with E-state index in [1.54, 1.807) is 6.20 Å². The van der Waals surface area contributed by atoms with Crippen molar-refractivity contribution < 1.29 is 0 Å². The molecule has 2 rings (SSSR count). The molecule has 90 valence electrons. The predicted octanol–water partition coefficient (Wildman–Crippen LogP) is 2.83. The molecule has 4 nitrogen and oxygen atoms in total. The zero-order valence-electron chi connectivity index (χ0n) is 10.4. The van der Waals surface area contributed by atoms with Gasteiger partial charge in [-0.2, -0.15) is 5.26 Å². The summed E-state index contributed by atoms with van der Waals surface area (Å²) in [6.45, 7) is 4.15. The maximum absolute atomic E-state index is 8.65. The molecule has 0 aliphatic carbocycles. The van der Waals surface area contributed by atoms with Crippen LogP contribution in [0, 0.1) is 18.3 Å². The van der Waals surface area contributed by atoms with Gasteiger partial charge in [-0.25, -0.2) is 9.97 Å². The minimum absolute atomic E-state index is 0.147. The van der Waals surface area contributed by atoms with Crippen LogP contribution in [0.2, 0.25) is 0 Å². The van der Waals surface area contributed by atoms with Gasteiger partial charge in [-0.3, -0.25) is 0 Å². The van der Waals surface area contributed by atoms with Crippen molar-refractivity contribution in [2.75, 3.05) is 5.32 Å². The summed E-state index contributed by atoms with van der Waals surface area (Å²) in [5.74, 6) is 0.671. The molecule has 0 aliphatic heterocycles. The second-order valence-electron chi connectivity index (χ2n) is 4.12. The van der Waals surface area contributed by atoms with E-state index in [9.17, 15) is 0 Å². The number of benzene rings is 1. The van der Waals surface area contributed by atoms with E-state index in [4.69, 9.17) is 5.26 Å². The molecule has 1 atom stereocenters. The lowest BCUT2D eigenvalue weighted by Gasteiger charge is -2.16. The molecule has 1 aromatic carbocycles. The molecular weight excluding hydrogens is 224 g/mol. The van der Waals surface area contributed by atoms with Crippen LogP contribution in [-0.4, -0.2) is 9.97 Å². The number of aromatic nitrogens is 2. The normalized spacial score (nSPS) is 11.6. The number of anilines is 1. The number of rotatable bonds is 3. The third kappa shape index (κ3) is 2.64. The monoisotopic (exact) mass is 238 g/mol. The van der Waals surface area contributed by atoms with Crippen molar-refractivity contribution in [1.29, 1.82) is 5.26 Å². The molecule has 0 saturated carbocycles. The molecule has 0 amide bonds. The molecule has 0 spiro atoms. The maximum atomic E-state index is 8.65. The molecule has 4 heteroatoms. The Hall–Kier alpha value is -2.41. The van der Waals surface area contributed by atoms with Crippen LogP contribution in [0.5, 0.6) is 0 Å². The van der Waals surface area contributed by atoms with Gasteiger partial charge in [-0.15, -0.1) is 0 Å². The van der Waals surface area contributed by atoms with Crippen molar-refractivity contribution in [2.45, 2.75) is 19.9 Å². The fourth-order valence-corrected chi connectivity index (χ4v) is 1.83. The molecule has 0 bridgehead atoms. The minimum atomic E-state index is 0.147. The van der Waals surface area contributed by atoms with E-state index in [0.29, 0.717) is 11.5 Å². The maximum Gasteiger partial charge on any atom is 0.158 e. The van der Waals surface area contributed by atoms with Gasteiger partial charge in [0.1, 0.15) is 11.9 Å². The third-order valence-corrected chi connectivity index (χ3v) is 2.79. The van der Waals surface area contributed by atoms with E-state index in [2.05, 4.69) is 41.3 Å². The summed E-state index contributed by atoms with van der Waals surface area (Å²) < 4.78 is 0. The summed E-state index contributed by atoms with van der Waals surface area (Å²) in [7, 11) is 0. The van der Waals surface area contributed by atoms with Gasteiger partial charge < -0.3 is 5.32 Å². The van der Waals surface area contributed by atoms with Crippen molar-refractivity contribution in [3.05, 3.63) is 53.5 Å². The van der Waals surface area contributed by atoms with E-state index in [1.165, 1.54) is 17.3 Å². The highest BCUT2D eigenvalue weighted by Crippen LogP contribution is 2.20. The fourth-order valence-electron chi connectivity index (χ4n) is 1.83. The van der Waals surface area contributed by atoms with Crippen LogP contribution in [0.4, 0.5) is 5.82 Å². The first-order chi connectivity index (χ1) is 8.70. The van der Waals surface area contributed by atoms with E-state index < -0.39 is 0 Å². The van der Waals surface area contributed by atoms with E-state index in [1.807, 2.05) is 18.2 Å². The molecule has 2 aromatic rings. The topological polar surface area (TPSA) is 61.6 Å². The number of hydrogen-bond acceptors (Lipinski definition) is 4. The summed E-state index contributed by atoms with van der Waals surface area (Å²) in [4.78, 5) is 8.13. The molecule has 0 aliphatic rings. The third-order valence-electron chi connectivity index (χ3n) is 2.79. The molecule has 1 N–H and O–H groups in total. The van der Waals surface area contributed by atoms with Crippen molar-refractivity contribution >= 4 is 5.82 Å². The average molecular weight is 238 g/mol. The highest BCUT2D eigenvalue weighted by Gasteiger charge is 2.08. The van der Waals surface area contributed by atoms with Crippen molar-refractivity contribution in [2.24, 2.45) is 0 Å². The van der Waals surface area contributed by atoms with Crippen LogP contribution < -0.4 is 5.32 Å². The average Bonchev–Trinajstić information content (AvgIpc) is 2.40. The summed E-state index contributed by atoms with van der Waals surface area (Å²) in [6, 6.07) is 10.3. The Kier molecular flexibility index (Phi) is 3.54. The minimum Gasteiger partial charge on any atom is -0.362 e. The lowest BCUT2D eigenvalue weighted by Crippen LogP contribution is -2.09. The second kappa shape index (κ2) is 5.28. The molecule has 1 unspecified atom stereocenters. The predicted molar refractivity (Wildman–Crippen MR) is 70.0 cm³/mol. The largest absolute Gasteiger partial charge is 0.362 e. The molecule has 0 saturated heterocycles. The van der Waals surface area contributed by atoms with Crippen molar-refractivity contribution in [3.63, 3.8) is 0 Å². The Bertz CT molecular complexity index is 569. The zero-order valence-corrected chi connectivity index (χ0v) is 10.4. The summed E-state index contributed by atoms with van der Waals surface area (Å²) in [5, 5.41) is 11.9. The van der Waals surface area contributed by atoms with Crippen LogP contribution in [0.15, 0.2) is 36.7 Å². The molecule has 1 aromatic heterocycles. The zero-order chi connectivity index (χ0) is 13.0. The number of nitrogens with zero attached hydrogens (tertiary/aromatic N) is 3. The van der Waals surface area contributed by atoms with Crippen LogP contribution in [0.1, 0.15) is 29.8 Å². The Labute approximate surface area is 106 Å². The van der Waals surface area contributed by atoms with Crippen LogP contribution in [0.3, 0.4) is 0 Å². The Morgan fingerprint density at radius 1 is 1.22 bits per heavy atom. The SMILES string of the molecule is Cc1ccccc1C(C)Nc1cnc(C#N)cn1. The lowest BCUT2D eigenvalue weighted by molar-refractivity contribution is 0.861. The van der Waals surface area contributed by atoms with E-state index >= 15 is 0 Å². The Morgan fingerprint density at radius 3 is 2.61 bits per heavy atom. The van der Waals surface area contributed by atoms with Crippen molar-refractivity contribution in [1.82, 2.24) is 9.97 Å². The summed E-state index contributed by atoms with van der Waals surface area (Å²) in [6.07, 6.45) is 3.04. The van der Waals surface area contributed by atoms with E-state index in [-0.39, 0.29) is 6.04 Å². The fraction of sp³-hybridized carbons (Fsp3) is 0.214. The second-order valence-corrected chi connectivity index (χ2v) is 4.12. The first kappa shape index (κ1) is 12.1. The van der Waals surface area contributed by atoms with Gasteiger partial charge in [0.15, 0.2) is 5.69 Å². The molecule has 0 radical (unpaired) electrons. The summed E-state index contributed by atoms with van der Waals surface area (Å²) in [5.41, 5.74) is 2.78. The smallest absolute Gasteiger partial charge is 0.158 e. The Morgan fingerprint density at radius 2 is 2.00 bits per heavy atom. The molecular formula is C14H14N4. The molecule has 18 heavy (non-hydrogen) atoms. The highest BCUT2D eigenvalue weighted by molar-refractivity contribution is 5.39. The van der Waals surface area contributed by atoms with Gasteiger partial charge >= 0.3 is 0 Å². The van der Waals surface area contributed by atoms with Crippen LogP contribution in [0.25, 0.3) is 0 Å².